The summed E-state index contributed by atoms with van der Waals surface area (Å²) in [4.78, 5) is 22.0. The molecule has 1 aliphatic heterocycles. The molecule has 8 heteroatoms. The molecule has 0 N–H and O–H groups in total. The summed E-state index contributed by atoms with van der Waals surface area (Å²) in [5.74, 6) is 1.95. The zero-order valence-electron chi connectivity index (χ0n) is 14.2. The Balaban J connectivity index is 1.47. The van der Waals surface area contributed by atoms with Crippen molar-refractivity contribution in [1.82, 2.24) is 19.4 Å². The highest BCUT2D eigenvalue weighted by Gasteiger charge is 2.20. The first kappa shape index (κ1) is 17.7. The monoisotopic (exact) mass is 352 g/mol. The van der Waals surface area contributed by atoms with Crippen LogP contribution in [0.1, 0.15) is 36.6 Å². The summed E-state index contributed by atoms with van der Waals surface area (Å²) in [6, 6.07) is 0.930. The van der Waals surface area contributed by atoms with Crippen LogP contribution >= 0.6 is 0 Å². The standard InChI is InChI=1S/C17H22F2N4O2/c1-12-20-9-14(25-12)4-7-22-5-2-13(3-6-22)10-23-11-21-15(17(18)19)8-16(23)24/h8-9,11,13,17H,2-7,10H2,1H3. The third-order valence-corrected chi connectivity index (χ3v) is 4.63. The molecule has 0 unspecified atom stereocenters. The van der Waals surface area contributed by atoms with Gasteiger partial charge in [0.15, 0.2) is 5.89 Å². The number of aromatic nitrogens is 3. The van der Waals surface area contributed by atoms with Crippen molar-refractivity contribution in [2.75, 3.05) is 19.6 Å². The van der Waals surface area contributed by atoms with Gasteiger partial charge in [-0.15, -0.1) is 0 Å². The van der Waals surface area contributed by atoms with Crippen LogP contribution in [-0.4, -0.2) is 39.1 Å². The number of halogens is 2. The van der Waals surface area contributed by atoms with Gasteiger partial charge in [0.1, 0.15) is 11.5 Å². The molecule has 136 valence electrons. The highest BCUT2D eigenvalue weighted by atomic mass is 19.3. The minimum absolute atomic E-state index is 0.362. The molecule has 1 fully saturated rings. The normalized spacial score (nSPS) is 16.6. The molecule has 0 aromatic carbocycles. The third kappa shape index (κ3) is 4.72. The van der Waals surface area contributed by atoms with Crippen molar-refractivity contribution in [3.8, 4) is 0 Å². The predicted molar refractivity (Wildman–Crippen MR) is 87.6 cm³/mol. The smallest absolute Gasteiger partial charge is 0.280 e. The first-order valence-corrected chi connectivity index (χ1v) is 8.49. The highest BCUT2D eigenvalue weighted by molar-refractivity contribution is 5.01. The quantitative estimate of drug-likeness (QED) is 0.799. The van der Waals surface area contributed by atoms with Crippen molar-refractivity contribution < 1.29 is 13.2 Å². The van der Waals surface area contributed by atoms with Gasteiger partial charge in [0.05, 0.1) is 12.5 Å². The molecule has 0 atom stereocenters. The van der Waals surface area contributed by atoms with Gasteiger partial charge in [-0.05, 0) is 31.8 Å². The van der Waals surface area contributed by atoms with Gasteiger partial charge in [-0.3, -0.25) is 9.36 Å². The molecule has 3 rings (SSSR count). The van der Waals surface area contributed by atoms with Gasteiger partial charge in [-0.1, -0.05) is 0 Å². The molecule has 6 nitrogen and oxygen atoms in total. The van der Waals surface area contributed by atoms with Gasteiger partial charge in [0, 0.05) is 32.5 Å². The fourth-order valence-electron chi connectivity index (χ4n) is 3.16. The Hall–Kier alpha value is -2.09. The largest absolute Gasteiger partial charge is 0.446 e. The van der Waals surface area contributed by atoms with Crippen molar-refractivity contribution in [3.63, 3.8) is 0 Å². The summed E-state index contributed by atoms with van der Waals surface area (Å²) in [7, 11) is 0. The van der Waals surface area contributed by atoms with Crippen LogP contribution in [-0.2, 0) is 13.0 Å². The van der Waals surface area contributed by atoms with Crippen molar-refractivity contribution in [1.29, 1.82) is 0 Å². The summed E-state index contributed by atoms with van der Waals surface area (Å²) >= 11 is 0. The average Bonchev–Trinajstić information content (AvgIpc) is 3.01. The van der Waals surface area contributed by atoms with Crippen molar-refractivity contribution >= 4 is 0 Å². The zero-order valence-corrected chi connectivity index (χ0v) is 14.2. The fraction of sp³-hybridized carbons (Fsp3) is 0.588. The van der Waals surface area contributed by atoms with Crippen LogP contribution in [0.15, 0.2) is 27.8 Å². The van der Waals surface area contributed by atoms with Gasteiger partial charge in [-0.2, -0.15) is 0 Å². The van der Waals surface area contributed by atoms with E-state index in [-0.39, 0.29) is 0 Å². The molecule has 0 aliphatic carbocycles. The number of hydrogen-bond acceptors (Lipinski definition) is 5. The number of hydrogen-bond donors (Lipinski definition) is 0. The Morgan fingerprint density at radius 3 is 2.68 bits per heavy atom. The lowest BCUT2D eigenvalue weighted by Gasteiger charge is -2.31. The van der Waals surface area contributed by atoms with Gasteiger partial charge in [0.25, 0.3) is 12.0 Å². The van der Waals surface area contributed by atoms with Crippen molar-refractivity contribution in [2.45, 2.75) is 39.2 Å². The summed E-state index contributed by atoms with van der Waals surface area (Å²) < 4.78 is 32.0. The van der Waals surface area contributed by atoms with Crippen molar-refractivity contribution in [3.05, 3.63) is 46.3 Å². The van der Waals surface area contributed by atoms with E-state index in [1.54, 1.807) is 6.20 Å². The maximum absolute atomic E-state index is 12.6. The van der Waals surface area contributed by atoms with Gasteiger partial charge < -0.3 is 9.32 Å². The number of nitrogens with zero attached hydrogens (tertiary/aromatic N) is 4. The first-order valence-electron chi connectivity index (χ1n) is 8.49. The summed E-state index contributed by atoms with van der Waals surface area (Å²) in [6.45, 7) is 5.19. The summed E-state index contributed by atoms with van der Waals surface area (Å²) in [6.07, 6.45) is 3.08. The molecule has 0 amide bonds. The summed E-state index contributed by atoms with van der Waals surface area (Å²) in [5.41, 5.74) is -0.868. The van der Waals surface area contributed by atoms with E-state index in [1.165, 1.54) is 10.9 Å². The molecule has 1 aliphatic rings. The fourth-order valence-corrected chi connectivity index (χ4v) is 3.16. The van der Waals surface area contributed by atoms with Crippen LogP contribution < -0.4 is 5.56 Å². The lowest BCUT2D eigenvalue weighted by Crippen LogP contribution is -2.37. The second-order valence-electron chi connectivity index (χ2n) is 6.49. The first-order chi connectivity index (χ1) is 12.0. The number of alkyl halides is 2. The molecule has 0 radical (unpaired) electrons. The molecular weight excluding hydrogens is 330 g/mol. The topological polar surface area (TPSA) is 64.2 Å². The van der Waals surface area contributed by atoms with E-state index in [2.05, 4.69) is 14.9 Å². The Morgan fingerprint density at radius 1 is 1.32 bits per heavy atom. The average molecular weight is 352 g/mol. The highest BCUT2D eigenvalue weighted by Crippen LogP contribution is 2.19. The lowest BCUT2D eigenvalue weighted by molar-refractivity contribution is 0.145. The van der Waals surface area contributed by atoms with Crippen LogP contribution in [0.5, 0.6) is 0 Å². The van der Waals surface area contributed by atoms with E-state index in [0.29, 0.717) is 18.4 Å². The molecule has 2 aromatic rings. The second-order valence-corrected chi connectivity index (χ2v) is 6.49. The molecule has 25 heavy (non-hydrogen) atoms. The van der Waals surface area contributed by atoms with Crippen LogP contribution in [0.4, 0.5) is 8.78 Å². The Bertz CT molecular complexity index is 751. The number of oxazole rings is 1. The molecule has 0 bridgehead atoms. The molecule has 0 saturated carbocycles. The van der Waals surface area contributed by atoms with Gasteiger partial charge in [0.2, 0.25) is 0 Å². The van der Waals surface area contributed by atoms with E-state index in [9.17, 15) is 13.6 Å². The Labute approximate surface area is 144 Å². The zero-order chi connectivity index (χ0) is 17.8. The van der Waals surface area contributed by atoms with Gasteiger partial charge >= 0.3 is 0 Å². The molecule has 0 spiro atoms. The SMILES string of the molecule is Cc1ncc(CCN2CCC(Cn3cnc(C(F)F)cc3=O)CC2)o1. The minimum Gasteiger partial charge on any atom is -0.446 e. The van der Waals surface area contributed by atoms with E-state index in [0.717, 1.165) is 50.7 Å². The van der Waals surface area contributed by atoms with Crippen LogP contribution in [0.25, 0.3) is 0 Å². The van der Waals surface area contributed by atoms with E-state index in [4.69, 9.17) is 4.42 Å². The maximum atomic E-state index is 12.6. The van der Waals surface area contributed by atoms with E-state index in [1.807, 2.05) is 6.92 Å². The van der Waals surface area contributed by atoms with Crippen LogP contribution in [0.2, 0.25) is 0 Å². The number of likely N-dealkylation sites (tertiary alicyclic amines) is 1. The van der Waals surface area contributed by atoms with E-state index < -0.39 is 17.7 Å². The van der Waals surface area contributed by atoms with E-state index >= 15 is 0 Å². The minimum atomic E-state index is -2.71. The van der Waals surface area contributed by atoms with Gasteiger partial charge in [-0.25, -0.2) is 18.7 Å². The lowest BCUT2D eigenvalue weighted by atomic mass is 9.96. The Kier molecular flexibility index (Phi) is 5.57. The summed E-state index contributed by atoms with van der Waals surface area (Å²) in [5, 5.41) is 0. The van der Waals surface area contributed by atoms with Crippen LogP contribution in [0.3, 0.4) is 0 Å². The second kappa shape index (κ2) is 7.86. The third-order valence-electron chi connectivity index (χ3n) is 4.63. The number of rotatable bonds is 6. The number of piperidine rings is 1. The molecular formula is C17H22F2N4O2. The number of aryl methyl sites for hydroxylation is 1. The molecule has 3 heterocycles. The maximum Gasteiger partial charge on any atom is 0.280 e. The Morgan fingerprint density at radius 2 is 2.08 bits per heavy atom. The predicted octanol–water partition coefficient (Wildman–Crippen LogP) is 2.43. The van der Waals surface area contributed by atoms with Crippen molar-refractivity contribution in [2.24, 2.45) is 5.92 Å². The molecule has 1 saturated heterocycles. The van der Waals surface area contributed by atoms with Crippen LogP contribution in [0, 0.1) is 12.8 Å². The molecule has 2 aromatic heterocycles.